The third-order valence-electron chi connectivity index (χ3n) is 4.82. The van der Waals surface area contributed by atoms with Gasteiger partial charge in [-0.3, -0.25) is 5.41 Å². The van der Waals surface area contributed by atoms with E-state index in [4.69, 9.17) is 17.2 Å². The highest BCUT2D eigenvalue weighted by Crippen LogP contribution is 2.38. The molecule has 1 aliphatic rings. The zero-order valence-electron chi connectivity index (χ0n) is 15.5. The van der Waals surface area contributed by atoms with Gasteiger partial charge in [0.15, 0.2) is 6.17 Å². The van der Waals surface area contributed by atoms with Gasteiger partial charge in [-0.05, 0) is 24.0 Å². The summed E-state index contributed by atoms with van der Waals surface area (Å²) in [6.45, 7) is 5.77. The molecule has 5 nitrogen and oxygen atoms in total. The SMILES string of the molecule is CC(C)[C@H](C)C1=C(c2c(F)cc(F)cc2F)C(=N)N(Cl)C(c2cccnn2)N1. The van der Waals surface area contributed by atoms with Gasteiger partial charge in [0.05, 0.1) is 11.1 Å². The molecule has 28 heavy (non-hydrogen) atoms. The Morgan fingerprint density at radius 3 is 2.36 bits per heavy atom. The zero-order valence-corrected chi connectivity index (χ0v) is 16.2. The van der Waals surface area contributed by atoms with E-state index in [2.05, 4.69) is 15.5 Å². The number of hydrogen-bond donors (Lipinski definition) is 2. The summed E-state index contributed by atoms with van der Waals surface area (Å²) in [6, 6.07) is 4.52. The number of benzene rings is 1. The molecule has 1 unspecified atom stereocenters. The molecular weight excluding hydrogens is 391 g/mol. The molecule has 1 aliphatic heterocycles. The van der Waals surface area contributed by atoms with E-state index >= 15 is 0 Å². The molecule has 0 saturated heterocycles. The van der Waals surface area contributed by atoms with Gasteiger partial charge < -0.3 is 5.32 Å². The summed E-state index contributed by atoms with van der Waals surface area (Å²) in [5.74, 6) is -3.67. The van der Waals surface area contributed by atoms with Gasteiger partial charge in [-0.25, -0.2) is 17.6 Å². The Balaban J connectivity index is 2.23. The van der Waals surface area contributed by atoms with Crippen molar-refractivity contribution in [2.75, 3.05) is 0 Å². The smallest absolute Gasteiger partial charge is 0.161 e. The molecule has 3 rings (SSSR count). The van der Waals surface area contributed by atoms with Crippen molar-refractivity contribution in [3.8, 4) is 0 Å². The van der Waals surface area contributed by atoms with Crippen LogP contribution in [-0.4, -0.2) is 20.5 Å². The molecule has 0 spiro atoms. The average molecular weight is 410 g/mol. The van der Waals surface area contributed by atoms with E-state index in [0.717, 1.165) is 4.42 Å². The van der Waals surface area contributed by atoms with Gasteiger partial charge in [-0.15, -0.1) is 0 Å². The maximum absolute atomic E-state index is 14.5. The Hall–Kier alpha value is -2.61. The molecule has 1 aromatic carbocycles. The van der Waals surface area contributed by atoms with Crippen LogP contribution in [0.3, 0.4) is 0 Å². The fourth-order valence-corrected chi connectivity index (χ4v) is 3.25. The standard InChI is InChI=1S/C19H19ClF3N5/c1-9(2)10(3)17-16(15-12(22)7-11(21)8-13(15)23)18(24)28(20)19(26-17)14-5-4-6-25-27-14/h4-10,19,24,26H,1-3H3/t10-,19?/m0/s1. The van der Waals surface area contributed by atoms with E-state index < -0.39 is 29.2 Å². The molecule has 2 aromatic rings. The quantitative estimate of drug-likeness (QED) is 0.722. The van der Waals surface area contributed by atoms with Crippen molar-refractivity contribution in [3.63, 3.8) is 0 Å². The monoisotopic (exact) mass is 409 g/mol. The van der Waals surface area contributed by atoms with Crippen molar-refractivity contribution >= 4 is 23.2 Å². The lowest BCUT2D eigenvalue weighted by molar-refractivity contribution is 0.354. The molecule has 2 atom stereocenters. The number of allylic oxidation sites excluding steroid dienone is 1. The summed E-state index contributed by atoms with van der Waals surface area (Å²) in [5, 5.41) is 19.5. The lowest BCUT2D eigenvalue weighted by Crippen LogP contribution is -2.44. The first kappa shape index (κ1) is 20.1. The predicted octanol–water partition coefficient (Wildman–Crippen LogP) is 4.63. The van der Waals surface area contributed by atoms with Crippen molar-refractivity contribution in [2.24, 2.45) is 11.8 Å². The van der Waals surface area contributed by atoms with Crippen LogP contribution in [0.15, 0.2) is 36.2 Å². The Morgan fingerprint density at radius 2 is 1.82 bits per heavy atom. The van der Waals surface area contributed by atoms with Gasteiger partial charge in [-0.1, -0.05) is 20.8 Å². The van der Waals surface area contributed by atoms with Crippen LogP contribution < -0.4 is 5.32 Å². The first-order valence-electron chi connectivity index (χ1n) is 8.69. The molecule has 0 radical (unpaired) electrons. The summed E-state index contributed by atoms with van der Waals surface area (Å²) >= 11 is 6.32. The molecule has 2 N–H and O–H groups in total. The molecule has 0 aliphatic carbocycles. The zero-order chi connectivity index (χ0) is 20.6. The lowest BCUT2D eigenvalue weighted by Gasteiger charge is -2.38. The number of nitrogens with one attached hydrogen (secondary N) is 2. The summed E-state index contributed by atoms with van der Waals surface area (Å²) in [6.07, 6.45) is 0.743. The topological polar surface area (TPSA) is 64.9 Å². The van der Waals surface area contributed by atoms with Crippen molar-refractivity contribution < 1.29 is 13.2 Å². The summed E-state index contributed by atoms with van der Waals surface area (Å²) in [7, 11) is 0. The molecule has 148 valence electrons. The molecule has 9 heteroatoms. The van der Waals surface area contributed by atoms with Crippen LogP contribution in [0.2, 0.25) is 0 Å². The maximum atomic E-state index is 14.5. The van der Waals surface area contributed by atoms with Gasteiger partial charge in [0.2, 0.25) is 0 Å². The number of halogens is 4. The number of aromatic nitrogens is 2. The van der Waals surface area contributed by atoms with Crippen molar-refractivity contribution in [3.05, 3.63) is 64.9 Å². The molecule has 0 fully saturated rings. The molecule has 0 saturated carbocycles. The van der Waals surface area contributed by atoms with Crippen molar-refractivity contribution in [1.82, 2.24) is 19.9 Å². The Kier molecular flexibility index (Phi) is 5.60. The molecule has 1 aromatic heterocycles. The highest BCUT2D eigenvalue weighted by molar-refractivity contribution is 6.34. The van der Waals surface area contributed by atoms with E-state index in [-0.39, 0.29) is 23.2 Å². The second-order valence-electron chi connectivity index (χ2n) is 6.92. The largest absolute Gasteiger partial charge is 0.362 e. The first-order chi connectivity index (χ1) is 13.2. The van der Waals surface area contributed by atoms with Gasteiger partial charge in [0, 0.05) is 35.8 Å². The van der Waals surface area contributed by atoms with Gasteiger partial charge >= 0.3 is 0 Å². The minimum absolute atomic E-state index is 0.0497. The van der Waals surface area contributed by atoms with Crippen molar-refractivity contribution in [2.45, 2.75) is 26.9 Å². The Labute approximate surface area is 165 Å². The van der Waals surface area contributed by atoms with Crippen LogP contribution in [0.5, 0.6) is 0 Å². The minimum Gasteiger partial charge on any atom is -0.362 e. The van der Waals surface area contributed by atoms with E-state index in [1.165, 1.54) is 6.20 Å². The molecule has 2 heterocycles. The number of rotatable bonds is 4. The Morgan fingerprint density at radius 1 is 1.18 bits per heavy atom. The van der Waals surface area contributed by atoms with Gasteiger partial charge in [-0.2, -0.15) is 10.2 Å². The highest BCUT2D eigenvalue weighted by atomic mass is 35.5. The second-order valence-corrected chi connectivity index (χ2v) is 7.29. The van der Waals surface area contributed by atoms with E-state index in [0.29, 0.717) is 23.5 Å². The van der Waals surface area contributed by atoms with Crippen LogP contribution in [0.4, 0.5) is 13.2 Å². The molecule has 0 bridgehead atoms. The second kappa shape index (κ2) is 7.79. The van der Waals surface area contributed by atoms with Crippen LogP contribution in [-0.2, 0) is 0 Å². The van der Waals surface area contributed by atoms with Crippen LogP contribution in [0.1, 0.15) is 38.2 Å². The van der Waals surface area contributed by atoms with E-state index in [1.807, 2.05) is 20.8 Å². The summed E-state index contributed by atoms with van der Waals surface area (Å²) in [4.78, 5) is 0. The number of nitrogens with zero attached hydrogens (tertiary/aromatic N) is 3. The number of hydrogen-bond acceptors (Lipinski definition) is 4. The van der Waals surface area contributed by atoms with Crippen LogP contribution in [0, 0.1) is 34.7 Å². The van der Waals surface area contributed by atoms with E-state index in [9.17, 15) is 13.2 Å². The number of amidine groups is 1. The predicted molar refractivity (Wildman–Crippen MR) is 101 cm³/mol. The fraction of sp³-hybridized carbons (Fsp3) is 0.316. The van der Waals surface area contributed by atoms with Gasteiger partial charge in [0.1, 0.15) is 29.0 Å². The third-order valence-corrected chi connectivity index (χ3v) is 5.19. The normalized spacial score (nSPS) is 18.5. The van der Waals surface area contributed by atoms with Crippen LogP contribution >= 0.6 is 11.8 Å². The summed E-state index contributed by atoms with van der Waals surface area (Å²) in [5.41, 5.74) is 0.322. The average Bonchev–Trinajstić information content (AvgIpc) is 2.64. The Bertz CT molecular complexity index is 909. The molecule has 0 amide bonds. The third kappa shape index (κ3) is 3.56. The maximum Gasteiger partial charge on any atom is 0.161 e. The fourth-order valence-electron chi connectivity index (χ4n) is 3.02. The van der Waals surface area contributed by atoms with Gasteiger partial charge in [0.25, 0.3) is 0 Å². The minimum atomic E-state index is -1.10. The first-order valence-corrected chi connectivity index (χ1v) is 9.03. The lowest BCUT2D eigenvalue weighted by atomic mass is 9.87. The van der Waals surface area contributed by atoms with Crippen molar-refractivity contribution in [1.29, 1.82) is 5.41 Å². The molecular formula is C19H19ClF3N5. The van der Waals surface area contributed by atoms with Crippen LogP contribution in [0.25, 0.3) is 5.57 Å². The summed E-state index contributed by atoms with van der Waals surface area (Å²) < 4.78 is 43.5. The van der Waals surface area contributed by atoms with E-state index in [1.54, 1.807) is 12.1 Å². The highest BCUT2D eigenvalue weighted by Gasteiger charge is 2.37.